The second-order valence-electron chi connectivity index (χ2n) is 6.82. The van der Waals surface area contributed by atoms with E-state index in [1.165, 1.54) is 17.9 Å². The molecule has 1 aromatic heterocycles. The molecule has 0 saturated carbocycles. The van der Waals surface area contributed by atoms with Crippen molar-refractivity contribution in [1.82, 2.24) is 5.32 Å². The molecule has 0 radical (unpaired) electrons. The average molecular weight is 451 g/mol. The molecule has 32 heavy (non-hydrogen) atoms. The lowest BCUT2D eigenvalue weighted by Crippen LogP contribution is -2.23. The summed E-state index contributed by atoms with van der Waals surface area (Å²) in [6.07, 6.45) is 3.97. The average Bonchev–Trinajstić information content (AvgIpc) is 3.34. The summed E-state index contributed by atoms with van der Waals surface area (Å²) in [5.41, 5.74) is 1.83. The van der Waals surface area contributed by atoms with Gasteiger partial charge in [0.1, 0.15) is 42.1 Å². The number of halogens is 1. The Bertz CT molecular complexity index is 1100. The predicted octanol–water partition coefficient (Wildman–Crippen LogP) is 5.18. The van der Waals surface area contributed by atoms with E-state index >= 15 is 0 Å². The molecule has 0 aliphatic carbocycles. The minimum absolute atomic E-state index is 0.0382. The number of aryl methyl sites for hydroxylation is 1. The minimum Gasteiger partial charge on any atom is -0.490 e. The molecular formula is C25H23ClN2O4. The van der Waals surface area contributed by atoms with Crippen molar-refractivity contribution in [3.63, 3.8) is 0 Å². The molecule has 0 aliphatic heterocycles. The quantitative estimate of drug-likeness (QED) is 0.261. The van der Waals surface area contributed by atoms with Gasteiger partial charge in [0.15, 0.2) is 0 Å². The minimum atomic E-state index is -0.496. The van der Waals surface area contributed by atoms with Crippen molar-refractivity contribution in [3.05, 3.63) is 88.3 Å². The third-order valence-electron chi connectivity index (χ3n) is 4.58. The lowest BCUT2D eigenvalue weighted by Gasteiger charge is -2.10. The van der Waals surface area contributed by atoms with E-state index in [1.54, 1.807) is 30.3 Å². The highest BCUT2D eigenvalue weighted by molar-refractivity contribution is 6.32. The summed E-state index contributed by atoms with van der Waals surface area (Å²) in [6, 6.07) is 18.4. The molecule has 3 rings (SSSR count). The van der Waals surface area contributed by atoms with Crippen LogP contribution < -0.4 is 14.8 Å². The van der Waals surface area contributed by atoms with Gasteiger partial charge in [-0.25, -0.2) is 0 Å². The maximum atomic E-state index is 12.2. The molecule has 0 spiro atoms. The largest absolute Gasteiger partial charge is 0.490 e. The van der Waals surface area contributed by atoms with Gasteiger partial charge in [0.2, 0.25) is 0 Å². The second kappa shape index (κ2) is 11.6. The Morgan fingerprint density at radius 1 is 1.16 bits per heavy atom. The van der Waals surface area contributed by atoms with E-state index in [9.17, 15) is 10.1 Å². The van der Waals surface area contributed by atoms with Crippen molar-refractivity contribution in [2.75, 3.05) is 13.2 Å². The van der Waals surface area contributed by atoms with Crippen molar-refractivity contribution in [2.24, 2.45) is 0 Å². The molecule has 0 fully saturated rings. The lowest BCUT2D eigenvalue weighted by molar-refractivity contribution is -0.117. The Balaban J connectivity index is 1.52. The fourth-order valence-electron chi connectivity index (χ4n) is 2.85. The fraction of sp³-hybridized carbons (Fsp3) is 0.200. The number of nitrogens with one attached hydrogen (secondary N) is 1. The predicted molar refractivity (Wildman–Crippen MR) is 122 cm³/mol. The SMILES string of the molecule is CCc1ccc(OCCOc2ccc(C=C(C#N)C(=O)NCc3ccco3)cc2Cl)cc1. The Labute approximate surface area is 192 Å². The van der Waals surface area contributed by atoms with Crippen LogP contribution in [0.15, 0.2) is 70.9 Å². The van der Waals surface area contributed by atoms with Gasteiger partial charge >= 0.3 is 0 Å². The van der Waals surface area contributed by atoms with E-state index in [-0.39, 0.29) is 12.1 Å². The van der Waals surface area contributed by atoms with Crippen LogP contribution in [0.4, 0.5) is 0 Å². The van der Waals surface area contributed by atoms with E-state index in [2.05, 4.69) is 12.2 Å². The molecule has 1 heterocycles. The van der Waals surface area contributed by atoms with Crippen LogP contribution in [0, 0.1) is 11.3 Å². The first-order valence-corrected chi connectivity index (χ1v) is 10.5. The highest BCUT2D eigenvalue weighted by Gasteiger charge is 2.10. The highest BCUT2D eigenvalue weighted by atomic mass is 35.5. The van der Waals surface area contributed by atoms with Crippen LogP contribution in [-0.2, 0) is 17.8 Å². The van der Waals surface area contributed by atoms with Crippen LogP contribution in [0.3, 0.4) is 0 Å². The molecule has 0 aliphatic rings. The molecule has 0 atom stereocenters. The van der Waals surface area contributed by atoms with Gasteiger partial charge < -0.3 is 19.2 Å². The van der Waals surface area contributed by atoms with Crippen molar-refractivity contribution in [1.29, 1.82) is 5.26 Å². The first kappa shape index (κ1) is 23.0. The third-order valence-corrected chi connectivity index (χ3v) is 4.87. The van der Waals surface area contributed by atoms with Crippen molar-refractivity contribution >= 4 is 23.6 Å². The van der Waals surface area contributed by atoms with Gasteiger partial charge in [-0.15, -0.1) is 0 Å². The second-order valence-corrected chi connectivity index (χ2v) is 7.22. The van der Waals surface area contributed by atoms with Crippen molar-refractivity contribution < 1.29 is 18.7 Å². The Kier molecular flexibility index (Phi) is 8.36. The molecule has 0 saturated heterocycles. The number of nitrogens with zero attached hydrogens (tertiary/aromatic N) is 1. The smallest absolute Gasteiger partial charge is 0.262 e. The molecule has 1 amide bonds. The number of carbonyl (C=O) groups is 1. The normalized spacial score (nSPS) is 11.0. The van der Waals surface area contributed by atoms with Gasteiger partial charge in [-0.1, -0.05) is 36.7 Å². The maximum Gasteiger partial charge on any atom is 0.262 e. The molecule has 6 nitrogen and oxygen atoms in total. The summed E-state index contributed by atoms with van der Waals surface area (Å²) in [7, 11) is 0. The lowest BCUT2D eigenvalue weighted by atomic mass is 10.1. The molecule has 2 aromatic carbocycles. The number of carbonyl (C=O) groups excluding carboxylic acids is 1. The fourth-order valence-corrected chi connectivity index (χ4v) is 3.09. The van der Waals surface area contributed by atoms with Crippen LogP contribution in [0.5, 0.6) is 11.5 Å². The van der Waals surface area contributed by atoms with Gasteiger partial charge in [0.05, 0.1) is 17.8 Å². The summed E-state index contributed by atoms with van der Waals surface area (Å²) in [5, 5.41) is 12.3. The van der Waals surface area contributed by atoms with Crippen LogP contribution in [0.1, 0.15) is 23.8 Å². The number of rotatable bonds is 10. The van der Waals surface area contributed by atoms with Crippen molar-refractivity contribution in [2.45, 2.75) is 19.9 Å². The van der Waals surface area contributed by atoms with Gasteiger partial charge in [0, 0.05) is 0 Å². The number of benzene rings is 2. The number of hydrogen-bond acceptors (Lipinski definition) is 5. The number of nitriles is 1. The molecule has 0 bridgehead atoms. The molecule has 7 heteroatoms. The van der Waals surface area contributed by atoms with E-state index in [0.717, 1.165) is 12.2 Å². The Morgan fingerprint density at radius 2 is 1.94 bits per heavy atom. The molecule has 0 unspecified atom stereocenters. The van der Waals surface area contributed by atoms with Gasteiger partial charge in [0.25, 0.3) is 5.91 Å². The monoisotopic (exact) mass is 450 g/mol. The Morgan fingerprint density at radius 3 is 2.59 bits per heavy atom. The number of furan rings is 1. The summed E-state index contributed by atoms with van der Waals surface area (Å²) in [4.78, 5) is 12.2. The van der Waals surface area contributed by atoms with Crippen molar-refractivity contribution in [3.8, 4) is 17.6 Å². The summed E-state index contributed by atoms with van der Waals surface area (Å²) in [6.45, 7) is 3.00. The van der Waals surface area contributed by atoms with Crippen LogP contribution in [0.2, 0.25) is 5.02 Å². The van der Waals surface area contributed by atoms with E-state index < -0.39 is 5.91 Å². The highest BCUT2D eigenvalue weighted by Crippen LogP contribution is 2.26. The van der Waals surface area contributed by atoms with Crippen LogP contribution in [-0.4, -0.2) is 19.1 Å². The Hall–Kier alpha value is -3.69. The zero-order valence-electron chi connectivity index (χ0n) is 17.6. The van der Waals surface area contributed by atoms with Gasteiger partial charge in [-0.2, -0.15) is 5.26 Å². The topological polar surface area (TPSA) is 84.5 Å². The first-order valence-electron chi connectivity index (χ1n) is 10.2. The van der Waals surface area contributed by atoms with E-state index in [0.29, 0.717) is 35.3 Å². The molecular weight excluding hydrogens is 428 g/mol. The van der Waals surface area contributed by atoms with Gasteiger partial charge in [-0.05, 0) is 60.0 Å². The zero-order chi connectivity index (χ0) is 22.8. The van der Waals surface area contributed by atoms with Crippen LogP contribution in [0.25, 0.3) is 6.08 Å². The van der Waals surface area contributed by atoms with Gasteiger partial charge in [-0.3, -0.25) is 4.79 Å². The van der Waals surface area contributed by atoms with E-state index in [1.807, 2.05) is 30.3 Å². The first-order chi connectivity index (χ1) is 15.6. The van der Waals surface area contributed by atoms with E-state index in [4.69, 9.17) is 25.5 Å². The maximum absolute atomic E-state index is 12.2. The molecule has 1 N–H and O–H groups in total. The summed E-state index contributed by atoms with van der Waals surface area (Å²) < 4.78 is 16.5. The zero-order valence-corrected chi connectivity index (χ0v) is 18.4. The number of amides is 1. The number of hydrogen-bond donors (Lipinski definition) is 1. The summed E-state index contributed by atoms with van der Waals surface area (Å²) in [5.74, 6) is 1.38. The standard InChI is InChI=1S/C25H23ClN2O4/c1-2-18-5-8-21(9-6-18)31-12-13-32-24-10-7-19(15-23(24)26)14-20(16-27)25(29)28-17-22-4-3-11-30-22/h3-11,14-15H,2,12-13,17H2,1H3,(H,28,29). The van der Waals surface area contributed by atoms with Crippen LogP contribution >= 0.6 is 11.6 Å². The molecule has 164 valence electrons. The summed E-state index contributed by atoms with van der Waals surface area (Å²) >= 11 is 6.30. The number of ether oxygens (including phenoxy) is 2. The third kappa shape index (κ3) is 6.66. The molecule has 3 aromatic rings.